The molecule has 6 rings (SSSR count). The highest BCUT2D eigenvalue weighted by molar-refractivity contribution is 6.31. The second-order valence-electron chi connectivity index (χ2n) is 10.3. The summed E-state index contributed by atoms with van der Waals surface area (Å²) >= 11 is 6.00. The molecule has 9 nitrogen and oxygen atoms in total. The molecule has 0 unspecified atom stereocenters. The Morgan fingerprint density at radius 1 is 0.844 bits per heavy atom. The number of hydrogen-bond donors (Lipinski definition) is 6. The summed E-state index contributed by atoms with van der Waals surface area (Å²) in [5.74, 6) is 0.0488. The lowest BCUT2D eigenvalue weighted by Crippen LogP contribution is -2.04. The van der Waals surface area contributed by atoms with Crippen LogP contribution in [0.5, 0.6) is 11.8 Å². The lowest BCUT2D eigenvalue weighted by molar-refractivity contribution is -0.114. The maximum atomic E-state index is 11.0. The maximum absolute atomic E-state index is 11.0. The molecule has 6 aromatic rings. The number of carbonyl (C=O) groups is 1. The molecule has 0 spiro atoms. The number of amides is 1. The van der Waals surface area contributed by atoms with E-state index in [0.29, 0.717) is 33.9 Å². The van der Waals surface area contributed by atoms with Gasteiger partial charge in [0.2, 0.25) is 5.91 Å². The van der Waals surface area contributed by atoms with Crippen molar-refractivity contribution in [1.82, 2.24) is 9.97 Å². The summed E-state index contributed by atoms with van der Waals surface area (Å²) < 4.78 is 0. The highest BCUT2D eigenvalue weighted by atomic mass is 35.5. The molecule has 0 saturated heterocycles. The van der Waals surface area contributed by atoms with Crippen LogP contribution < -0.4 is 5.32 Å². The van der Waals surface area contributed by atoms with E-state index >= 15 is 0 Å². The molecule has 0 aliphatic heterocycles. The molecule has 0 aliphatic carbocycles. The molecule has 0 atom stereocenters. The number of fused-ring (bicyclic) bond motifs is 2. The number of anilines is 1. The third-order valence-corrected chi connectivity index (χ3v) is 7.28. The minimum absolute atomic E-state index is 0.0425. The number of nitrogens with zero attached hydrogens (tertiary/aromatic N) is 2. The number of aliphatic hydroxyl groups excluding tert-OH is 1. The summed E-state index contributed by atoms with van der Waals surface area (Å²) in [5, 5.41) is 34.1. The first-order chi connectivity index (χ1) is 21.7. The van der Waals surface area contributed by atoms with Crippen molar-refractivity contribution in [3.63, 3.8) is 0 Å². The van der Waals surface area contributed by atoms with E-state index in [1.54, 1.807) is 54.9 Å². The minimum Gasteiger partial charge on any atom is -0.494 e. The van der Waals surface area contributed by atoms with E-state index in [1.165, 1.54) is 6.92 Å². The van der Waals surface area contributed by atoms with E-state index in [-0.39, 0.29) is 24.3 Å². The monoisotopic (exact) mass is 621 g/mol. The van der Waals surface area contributed by atoms with Crippen LogP contribution in [0.25, 0.3) is 21.8 Å². The predicted octanol–water partition coefficient (Wildman–Crippen LogP) is 7.70. The second-order valence-corrected chi connectivity index (χ2v) is 10.8. The molecule has 228 valence electrons. The van der Waals surface area contributed by atoms with Crippen LogP contribution in [-0.4, -0.2) is 50.2 Å². The third kappa shape index (κ3) is 7.59. The molecule has 4 aromatic carbocycles. The topological polar surface area (TPSA) is 146 Å². The van der Waals surface area contributed by atoms with Crippen LogP contribution in [0.15, 0.2) is 94.9 Å². The Kier molecular flexibility index (Phi) is 9.62. The molecule has 10 heteroatoms. The number of nitrogens with one attached hydrogen (secondary N) is 3. The van der Waals surface area contributed by atoms with E-state index < -0.39 is 0 Å². The summed E-state index contributed by atoms with van der Waals surface area (Å²) in [5.41, 5.74) is 7.35. The Bertz CT molecular complexity index is 2010. The number of aryl methyl sites for hydroxylation is 1. The van der Waals surface area contributed by atoms with Gasteiger partial charge in [-0.25, -0.2) is 0 Å². The molecule has 0 saturated carbocycles. The number of carbonyl (C=O) groups excluding carboxylic acids is 1. The van der Waals surface area contributed by atoms with Crippen molar-refractivity contribution in [2.45, 2.75) is 20.3 Å². The van der Waals surface area contributed by atoms with E-state index in [4.69, 9.17) is 16.7 Å². The van der Waals surface area contributed by atoms with Crippen molar-refractivity contribution in [3.05, 3.63) is 112 Å². The normalized spacial score (nSPS) is 11.4. The van der Waals surface area contributed by atoms with Crippen LogP contribution in [0.4, 0.5) is 17.1 Å². The minimum atomic E-state index is -0.123. The first-order valence-electron chi connectivity index (χ1n) is 14.2. The molecule has 0 fully saturated rings. The number of hydrogen-bond acceptors (Lipinski definition) is 6. The van der Waals surface area contributed by atoms with Crippen molar-refractivity contribution in [2.24, 2.45) is 9.98 Å². The van der Waals surface area contributed by atoms with Gasteiger partial charge in [0.25, 0.3) is 0 Å². The molecule has 45 heavy (non-hydrogen) atoms. The number of aromatic nitrogens is 2. The number of aromatic hydroxyl groups is 2. The molecule has 2 aromatic heterocycles. The fraction of sp³-hybridized carbons (Fsp3) is 0.114. The van der Waals surface area contributed by atoms with Crippen LogP contribution in [0.1, 0.15) is 29.2 Å². The number of aliphatic imine (C=N–C) groups is 2. The smallest absolute Gasteiger partial charge is 0.221 e. The summed E-state index contributed by atoms with van der Waals surface area (Å²) in [6.07, 6.45) is 3.91. The lowest BCUT2D eigenvalue weighted by Gasteiger charge is -2.01. The fourth-order valence-corrected chi connectivity index (χ4v) is 5.03. The van der Waals surface area contributed by atoms with Gasteiger partial charge in [0, 0.05) is 58.5 Å². The Labute approximate surface area is 264 Å². The van der Waals surface area contributed by atoms with Crippen LogP contribution in [-0.2, 0) is 11.2 Å². The average Bonchev–Trinajstić information content (AvgIpc) is 3.51. The molecule has 1 amide bonds. The van der Waals surface area contributed by atoms with Crippen LogP contribution >= 0.6 is 11.6 Å². The van der Waals surface area contributed by atoms with Crippen LogP contribution in [0.2, 0.25) is 5.02 Å². The molecular formula is C35H32ClN5O4. The molecular weight excluding hydrogens is 590 g/mol. The number of rotatable bonds is 7. The fourth-order valence-electron chi connectivity index (χ4n) is 4.86. The third-order valence-electron chi connectivity index (χ3n) is 7.04. The van der Waals surface area contributed by atoms with Crippen molar-refractivity contribution in [2.75, 3.05) is 11.9 Å². The van der Waals surface area contributed by atoms with Gasteiger partial charge < -0.3 is 30.6 Å². The van der Waals surface area contributed by atoms with Gasteiger partial charge in [0.15, 0.2) is 11.8 Å². The average molecular weight is 622 g/mol. The summed E-state index contributed by atoms with van der Waals surface area (Å²) in [7, 11) is 0. The number of aromatic amines is 2. The van der Waals surface area contributed by atoms with Gasteiger partial charge in [-0.2, -0.15) is 0 Å². The van der Waals surface area contributed by atoms with Gasteiger partial charge in [-0.05, 0) is 85.1 Å². The molecule has 6 N–H and O–H groups in total. The van der Waals surface area contributed by atoms with E-state index in [1.807, 2.05) is 49.4 Å². The standard InChI is InChI=1S/C18H18N2O2.C17H14ClN3O2/c1-12-3-2-4-16-17(12)15(18(22)20-16)11-19-14-7-5-13(6-8-14)9-10-21;1-10(22)20-13-5-3-12(4-6-13)19-9-15-14-8-11(18)2-7-16(14)21-17(15)23/h2-8,11,20-22H,9-10H2,1H3;2-9,21,23H,1H3,(H,20,22). The zero-order valence-corrected chi connectivity index (χ0v) is 25.4. The van der Waals surface area contributed by atoms with Crippen LogP contribution in [0, 0.1) is 6.92 Å². The van der Waals surface area contributed by atoms with Crippen molar-refractivity contribution in [3.8, 4) is 11.8 Å². The zero-order valence-electron chi connectivity index (χ0n) is 24.7. The van der Waals surface area contributed by atoms with Crippen molar-refractivity contribution in [1.29, 1.82) is 0 Å². The number of halogens is 1. The molecule has 0 aliphatic rings. The summed E-state index contributed by atoms with van der Waals surface area (Å²) in [6, 6.07) is 26.0. The molecule has 0 radical (unpaired) electrons. The van der Waals surface area contributed by atoms with Gasteiger partial charge in [-0.3, -0.25) is 14.8 Å². The van der Waals surface area contributed by atoms with Crippen molar-refractivity contribution >= 4 is 68.8 Å². The number of aliphatic hydroxyl groups is 1. The quantitative estimate of drug-likeness (QED) is 0.101. The lowest BCUT2D eigenvalue weighted by atomic mass is 10.1. The zero-order chi connectivity index (χ0) is 31.9. The first kappa shape index (κ1) is 31.1. The second kappa shape index (κ2) is 13.9. The van der Waals surface area contributed by atoms with E-state index in [0.717, 1.165) is 38.6 Å². The number of benzene rings is 4. The van der Waals surface area contributed by atoms with Crippen LogP contribution in [0.3, 0.4) is 0 Å². The first-order valence-corrected chi connectivity index (χ1v) is 14.6. The Morgan fingerprint density at radius 3 is 2.13 bits per heavy atom. The molecule has 0 bridgehead atoms. The highest BCUT2D eigenvalue weighted by Gasteiger charge is 2.11. The maximum Gasteiger partial charge on any atom is 0.221 e. The van der Waals surface area contributed by atoms with E-state index in [2.05, 4.69) is 25.3 Å². The van der Waals surface area contributed by atoms with Gasteiger partial charge >= 0.3 is 0 Å². The van der Waals surface area contributed by atoms with Gasteiger partial charge in [-0.1, -0.05) is 35.9 Å². The Balaban J connectivity index is 0.000000178. The highest BCUT2D eigenvalue weighted by Crippen LogP contribution is 2.30. The van der Waals surface area contributed by atoms with Crippen molar-refractivity contribution < 1.29 is 20.1 Å². The Morgan fingerprint density at radius 2 is 1.47 bits per heavy atom. The number of H-pyrrole nitrogens is 2. The van der Waals surface area contributed by atoms with Gasteiger partial charge in [0.05, 0.1) is 22.5 Å². The largest absolute Gasteiger partial charge is 0.494 e. The van der Waals surface area contributed by atoms with Gasteiger partial charge in [-0.15, -0.1) is 0 Å². The van der Waals surface area contributed by atoms with Gasteiger partial charge in [0.1, 0.15) is 0 Å². The van der Waals surface area contributed by atoms with E-state index in [9.17, 15) is 15.0 Å². The summed E-state index contributed by atoms with van der Waals surface area (Å²) in [4.78, 5) is 25.6. The summed E-state index contributed by atoms with van der Waals surface area (Å²) in [6.45, 7) is 3.61. The SMILES string of the molecule is CC(=O)Nc1ccc(N=Cc2c(O)[nH]c3ccc(Cl)cc23)cc1.Cc1cccc2[nH]c(O)c(C=Nc3ccc(CCO)cc3)c12. The Hall–Kier alpha value is -5.38. The molecule has 2 heterocycles. The predicted molar refractivity (Wildman–Crippen MR) is 182 cm³/mol.